The third kappa shape index (κ3) is 3.58. The van der Waals surface area contributed by atoms with Gasteiger partial charge in [-0.1, -0.05) is 43.3 Å². The molecule has 0 radical (unpaired) electrons. The topological polar surface area (TPSA) is 83.6 Å². The Kier molecular flexibility index (Phi) is 5.02. The zero-order valence-electron chi connectivity index (χ0n) is 16.0. The smallest absolute Gasteiger partial charge is 0.145 e. The van der Waals surface area contributed by atoms with Crippen molar-refractivity contribution in [3.63, 3.8) is 0 Å². The van der Waals surface area contributed by atoms with Gasteiger partial charge in [0.1, 0.15) is 17.2 Å². The van der Waals surface area contributed by atoms with Crippen molar-refractivity contribution in [2.24, 2.45) is 0 Å². The van der Waals surface area contributed by atoms with Gasteiger partial charge in [0, 0.05) is 24.7 Å². The molecule has 0 atom stereocenters. The Balaban J connectivity index is 1.65. The van der Waals surface area contributed by atoms with Gasteiger partial charge in [0.2, 0.25) is 0 Å². The number of hydroxylamine groups is 2. The summed E-state index contributed by atoms with van der Waals surface area (Å²) in [4.78, 5) is 5.55. The second kappa shape index (κ2) is 7.61. The lowest BCUT2D eigenvalue weighted by Crippen LogP contribution is -2.16. The molecule has 2 N–H and O–H groups in total. The van der Waals surface area contributed by atoms with Crippen molar-refractivity contribution in [2.75, 3.05) is 13.2 Å². The maximum atomic E-state index is 10.4. The van der Waals surface area contributed by atoms with Crippen LogP contribution in [0.1, 0.15) is 37.3 Å². The lowest BCUT2D eigenvalue weighted by molar-refractivity contribution is -0.117. The third-order valence-corrected chi connectivity index (χ3v) is 4.96. The second-order valence-corrected chi connectivity index (χ2v) is 7.33. The van der Waals surface area contributed by atoms with E-state index >= 15 is 0 Å². The van der Waals surface area contributed by atoms with Gasteiger partial charge in [-0.25, -0.2) is 4.68 Å². The van der Waals surface area contributed by atoms with Crippen LogP contribution in [0.5, 0.6) is 11.5 Å². The molecular weight excluding hydrogens is 356 g/mol. The summed E-state index contributed by atoms with van der Waals surface area (Å²) in [5, 5.41) is 30.6. The van der Waals surface area contributed by atoms with E-state index in [4.69, 9.17) is 4.84 Å². The predicted molar refractivity (Wildman–Crippen MR) is 105 cm³/mol. The molecule has 1 fully saturated rings. The Bertz CT molecular complexity index is 960. The lowest BCUT2D eigenvalue weighted by Gasteiger charge is -2.15. The molecule has 146 valence electrons. The molecular formula is C21H24N4O3. The highest BCUT2D eigenvalue weighted by Gasteiger charge is 2.17. The Morgan fingerprint density at radius 1 is 1.11 bits per heavy atom. The highest BCUT2D eigenvalue weighted by atomic mass is 16.7. The zero-order valence-corrected chi connectivity index (χ0v) is 16.0. The first-order chi connectivity index (χ1) is 13.5. The van der Waals surface area contributed by atoms with Crippen LogP contribution in [0.25, 0.3) is 16.9 Å². The van der Waals surface area contributed by atoms with Crippen LogP contribution >= 0.6 is 0 Å². The van der Waals surface area contributed by atoms with E-state index in [1.807, 2.05) is 31.0 Å². The van der Waals surface area contributed by atoms with Gasteiger partial charge in [-0.3, -0.25) is 4.84 Å². The highest BCUT2D eigenvalue weighted by Crippen LogP contribution is 2.35. The molecule has 0 bridgehead atoms. The molecule has 0 aliphatic carbocycles. The van der Waals surface area contributed by atoms with Gasteiger partial charge in [0.15, 0.2) is 0 Å². The first kappa shape index (κ1) is 18.5. The largest absolute Gasteiger partial charge is 0.508 e. The summed E-state index contributed by atoms with van der Waals surface area (Å²) in [6.45, 7) is 6.48. The van der Waals surface area contributed by atoms with Crippen LogP contribution in [0.2, 0.25) is 0 Å². The van der Waals surface area contributed by atoms with Gasteiger partial charge < -0.3 is 10.2 Å². The van der Waals surface area contributed by atoms with Gasteiger partial charge in [-0.15, -0.1) is 5.10 Å². The van der Waals surface area contributed by atoms with Crippen molar-refractivity contribution in [3.05, 3.63) is 53.7 Å². The van der Waals surface area contributed by atoms with Crippen molar-refractivity contribution in [3.8, 4) is 28.4 Å². The van der Waals surface area contributed by atoms with Crippen LogP contribution in [-0.4, -0.2) is 43.4 Å². The quantitative estimate of drug-likeness (QED) is 0.704. The molecule has 28 heavy (non-hydrogen) atoms. The fourth-order valence-corrected chi connectivity index (χ4v) is 3.43. The van der Waals surface area contributed by atoms with E-state index in [2.05, 4.69) is 22.4 Å². The molecule has 4 rings (SSSR count). The van der Waals surface area contributed by atoms with Gasteiger partial charge >= 0.3 is 0 Å². The number of hydrogen-bond acceptors (Lipinski definition) is 6. The number of hydrogen-bond donors (Lipinski definition) is 2. The number of benzene rings is 2. The summed E-state index contributed by atoms with van der Waals surface area (Å²) in [5.41, 5.74) is 4.10. The Hall–Kier alpha value is -2.90. The fraction of sp³-hybridized carbons (Fsp3) is 0.333. The van der Waals surface area contributed by atoms with Crippen molar-refractivity contribution >= 4 is 0 Å². The summed E-state index contributed by atoms with van der Waals surface area (Å²) in [7, 11) is 0. The maximum absolute atomic E-state index is 10.4. The Morgan fingerprint density at radius 3 is 2.57 bits per heavy atom. The lowest BCUT2D eigenvalue weighted by atomic mass is 10.0. The first-order valence-electron chi connectivity index (χ1n) is 9.47. The second-order valence-electron chi connectivity index (χ2n) is 7.33. The van der Waals surface area contributed by atoms with Crippen LogP contribution in [0.4, 0.5) is 0 Å². The molecule has 0 unspecified atom stereocenters. The average molecular weight is 380 g/mol. The Morgan fingerprint density at radius 2 is 1.89 bits per heavy atom. The number of phenolic OH excluding ortho intramolecular Hbond substituents is 2. The molecule has 1 aliphatic heterocycles. The molecule has 0 saturated carbocycles. The summed E-state index contributed by atoms with van der Waals surface area (Å²) in [6, 6.07) is 11.3. The number of nitrogens with zero attached hydrogens (tertiary/aromatic N) is 4. The van der Waals surface area contributed by atoms with E-state index in [-0.39, 0.29) is 17.4 Å². The normalized spacial score (nSPS) is 14.8. The molecule has 0 spiro atoms. The summed E-state index contributed by atoms with van der Waals surface area (Å²) >= 11 is 0. The van der Waals surface area contributed by atoms with Crippen molar-refractivity contribution in [2.45, 2.75) is 32.7 Å². The van der Waals surface area contributed by atoms with Crippen LogP contribution in [0.3, 0.4) is 0 Å². The van der Waals surface area contributed by atoms with Gasteiger partial charge in [-0.05, 0) is 29.5 Å². The van der Waals surface area contributed by atoms with E-state index in [0.717, 1.165) is 42.9 Å². The van der Waals surface area contributed by atoms with Crippen LogP contribution in [-0.2, 0) is 11.4 Å². The number of rotatable bonds is 5. The number of aromatic nitrogens is 3. The molecule has 1 aromatic heterocycles. The van der Waals surface area contributed by atoms with Crippen LogP contribution < -0.4 is 0 Å². The van der Waals surface area contributed by atoms with E-state index in [1.165, 1.54) is 11.6 Å². The maximum Gasteiger partial charge on any atom is 0.145 e. The minimum atomic E-state index is -0.0450. The molecule has 1 saturated heterocycles. The summed E-state index contributed by atoms with van der Waals surface area (Å²) < 4.78 is 1.60. The Labute approximate surface area is 163 Å². The van der Waals surface area contributed by atoms with Crippen LogP contribution in [0.15, 0.2) is 42.6 Å². The molecule has 7 heteroatoms. The monoisotopic (exact) mass is 380 g/mol. The number of phenols is 2. The molecule has 0 amide bonds. The average Bonchev–Trinajstić information content (AvgIpc) is 3.34. The van der Waals surface area contributed by atoms with Crippen molar-refractivity contribution in [1.29, 1.82) is 0 Å². The van der Waals surface area contributed by atoms with Crippen LogP contribution in [0, 0.1) is 0 Å². The summed E-state index contributed by atoms with van der Waals surface area (Å²) in [5.74, 6) is 0.140. The minimum Gasteiger partial charge on any atom is -0.508 e. The molecule has 7 nitrogen and oxygen atoms in total. The molecule has 2 aromatic carbocycles. The highest BCUT2D eigenvalue weighted by molar-refractivity contribution is 5.64. The minimum absolute atomic E-state index is 0.0450. The number of aromatic hydroxyl groups is 2. The van der Waals surface area contributed by atoms with Crippen molar-refractivity contribution < 1.29 is 15.1 Å². The first-order valence-corrected chi connectivity index (χ1v) is 9.47. The van der Waals surface area contributed by atoms with E-state index in [9.17, 15) is 10.2 Å². The molecule has 1 aliphatic rings. The van der Waals surface area contributed by atoms with Crippen molar-refractivity contribution in [1.82, 2.24) is 20.1 Å². The van der Waals surface area contributed by atoms with E-state index < -0.39 is 0 Å². The molecule has 3 aromatic rings. The standard InChI is InChI=1S/C21H24N4O3/c1-14(2)17-10-18(21(27)11-20(17)26)25-19(12-22-23-25)16-6-4-15(5-7-16)13-24-8-3-9-28-24/h4-7,10-12,14,26-27H,3,8-9,13H2,1-2H3. The zero-order chi connectivity index (χ0) is 19.7. The van der Waals surface area contributed by atoms with Gasteiger partial charge in [0.25, 0.3) is 0 Å². The predicted octanol–water partition coefficient (Wildman–Crippen LogP) is 3.61. The fourth-order valence-electron chi connectivity index (χ4n) is 3.43. The van der Waals surface area contributed by atoms with E-state index in [0.29, 0.717) is 5.69 Å². The molecule has 2 heterocycles. The third-order valence-electron chi connectivity index (χ3n) is 4.96. The summed E-state index contributed by atoms with van der Waals surface area (Å²) in [6.07, 6.45) is 2.73. The van der Waals surface area contributed by atoms with E-state index in [1.54, 1.807) is 16.9 Å². The van der Waals surface area contributed by atoms with Gasteiger partial charge in [-0.2, -0.15) is 5.06 Å². The SMILES string of the molecule is CC(C)c1cc(-n2nncc2-c2ccc(CN3CCCO3)cc2)c(O)cc1O. The van der Waals surface area contributed by atoms with Gasteiger partial charge in [0.05, 0.1) is 18.5 Å².